The molecule has 1 fully saturated rings. The van der Waals surface area contributed by atoms with Gasteiger partial charge in [0.05, 0.1) is 5.56 Å². The maximum atomic E-state index is 12.9. The van der Waals surface area contributed by atoms with Crippen LogP contribution < -0.4 is 10.5 Å². The number of piperazine rings is 1. The zero-order valence-electron chi connectivity index (χ0n) is 18.9. The van der Waals surface area contributed by atoms with E-state index in [2.05, 4.69) is 9.97 Å². The summed E-state index contributed by atoms with van der Waals surface area (Å²) in [6, 6.07) is 0.00893. The van der Waals surface area contributed by atoms with Crippen LogP contribution in [0.25, 0.3) is 0 Å². The van der Waals surface area contributed by atoms with Crippen LogP contribution in [0, 0.1) is 0 Å². The molecule has 35 heavy (non-hydrogen) atoms. The first kappa shape index (κ1) is 26.3. The molecule has 1 aliphatic rings. The number of nitrogens with one attached hydrogen (secondary N) is 1. The van der Waals surface area contributed by atoms with Crippen molar-refractivity contribution in [3.05, 3.63) is 51.7 Å². The van der Waals surface area contributed by atoms with Crippen LogP contribution in [-0.2, 0) is 23.5 Å². The molecule has 2 aromatic heterocycles. The first-order valence-electron chi connectivity index (χ1n) is 10.6. The molecule has 1 saturated heterocycles. The van der Waals surface area contributed by atoms with Crippen LogP contribution in [0.2, 0.25) is 0 Å². The van der Waals surface area contributed by atoms with E-state index in [9.17, 15) is 35.9 Å². The molecule has 0 bridgehead atoms. The third-order valence-electron chi connectivity index (χ3n) is 5.47. The Labute approximate surface area is 195 Å². The first-order chi connectivity index (χ1) is 16.2. The largest absolute Gasteiger partial charge is 0.446 e. The number of halogens is 6. The van der Waals surface area contributed by atoms with E-state index in [0.29, 0.717) is 12.4 Å². The summed E-state index contributed by atoms with van der Waals surface area (Å²) in [5, 5.41) is 0. The number of carbonyl (C=O) groups is 1. The van der Waals surface area contributed by atoms with E-state index < -0.39 is 41.2 Å². The van der Waals surface area contributed by atoms with Gasteiger partial charge in [-0.25, -0.2) is 14.8 Å². The lowest BCUT2D eigenvalue weighted by molar-refractivity contribution is -0.139. The molecule has 0 spiro atoms. The third-order valence-corrected chi connectivity index (χ3v) is 5.47. The van der Waals surface area contributed by atoms with Gasteiger partial charge in [0.2, 0.25) is 5.95 Å². The van der Waals surface area contributed by atoms with E-state index >= 15 is 0 Å². The smallest absolute Gasteiger partial charge is 0.421 e. The van der Waals surface area contributed by atoms with Gasteiger partial charge in [-0.05, 0) is 32.4 Å². The van der Waals surface area contributed by atoms with Crippen LogP contribution in [0.4, 0.5) is 37.1 Å². The Kier molecular flexibility index (Phi) is 7.31. The van der Waals surface area contributed by atoms with Crippen molar-refractivity contribution in [3.8, 4) is 0 Å². The fourth-order valence-corrected chi connectivity index (χ4v) is 3.94. The quantitative estimate of drug-likeness (QED) is 0.632. The minimum atomic E-state index is -4.81. The number of hydrogen-bond donors (Lipinski definition) is 1. The highest BCUT2D eigenvalue weighted by Crippen LogP contribution is 2.30. The van der Waals surface area contributed by atoms with Gasteiger partial charge in [0.15, 0.2) is 0 Å². The number of nitrogens with zero attached hydrogens (tertiary/aromatic N) is 4. The van der Waals surface area contributed by atoms with Gasteiger partial charge in [0.1, 0.15) is 11.7 Å². The maximum Gasteiger partial charge on any atom is 0.421 e. The lowest BCUT2D eigenvalue weighted by Gasteiger charge is -2.44. The molecule has 2 aromatic rings. The molecule has 3 rings (SSSR count). The molecule has 1 aliphatic heterocycles. The standard InChI is InChI=1S/C21H23F6N5O3/c1-11-9-31(10-12(2)32(11)18-29-7-15(8-30-18)20(22,23)24)19(34)35-13(3)4-14-5-16(21(25,26)27)17(33)28-6-14/h5-8,11-13H,4,9-10H2,1-3H3,(H,28,33). The zero-order valence-corrected chi connectivity index (χ0v) is 18.9. The lowest BCUT2D eigenvalue weighted by atomic mass is 10.1. The van der Waals surface area contributed by atoms with Crippen LogP contribution in [0.1, 0.15) is 37.5 Å². The van der Waals surface area contributed by atoms with Crippen LogP contribution in [0.3, 0.4) is 0 Å². The Bertz CT molecular complexity index is 1090. The average Bonchev–Trinajstić information content (AvgIpc) is 2.73. The van der Waals surface area contributed by atoms with Crippen molar-refractivity contribution in [2.75, 3.05) is 18.0 Å². The lowest BCUT2D eigenvalue weighted by Crippen LogP contribution is -2.59. The number of aromatic nitrogens is 3. The number of pyridine rings is 1. The fourth-order valence-electron chi connectivity index (χ4n) is 3.94. The summed E-state index contributed by atoms with van der Waals surface area (Å²) >= 11 is 0. The number of H-pyrrole nitrogens is 1. The monoisotopic (exact) mass is 507 g/mol. The van der Waals surface area contributed by atoms with E-state index in [-0.39, 0.29) is 43.1 Å². The zero-order chi connectivity index (χ0) is 26.1. The summed E-state index contributed by atoms with van der Waals surface area (Å²) in [5.41, 5.74) is -3.42. The molecule has 3 heterocycles. The van der Waals surface area contributed by atoms with Crippen LogP contribution in [0.5, 0.6) is 0 Å². The normalized spacial score (nSPS) is 20.0. The number of amides is 1. The SMILES string of the molecule is CC(Cc1c[nH]c(=O)c(C(F)(F)F)c1)OC(=O)N1CC(C)N(c2ncc(C(F)(F)F)cn2)C(C)C1. The van der Waals surface area contributed by atoms with Gasteiger partial charge in [0.25, 0.3) is 5.56 Å². The van der Waals surface area contributed by atoms with E-state index in [0.717, 1.165) is 12.3 Å². The predicted octanol–water partition coefficient (Wildman–Crippen LogP) is 3.87. The Morgan fingerprint density at radius 1 is 1.11 bits per heavy atom. The predicted molar refractivity (Wildman–Crippen MR) is 112 cm³/mol. The molecule has 1 amide bonds. The number of aromatic amines is 1. The van der Waals surface area contributed by atoms with Crippen molar-refractivity contribution in [2.45, 2.75) is 57.7 Å². The van der Waals surface area contributed by atoms with Crippen LogP contribution in [-0.4, -0.2) is 57.2 Å². The van der Waals surface area contributed by atoms with Crippen molar-refractivity contribution in [3.63, 3.8) is 0 Å². The van der Waals surface area contributed by atoms with Crippen LogP contribution in [0.15, 0.2) is 29.5 Å². The number of anilines is 1. The molecule has 0 radical (unpaired) electrons. The molecule has 0 aliphatic carbocycles. The molecular weight excluding hydrogens is 484 g/mol. The molecule has 3 unspecified atom stereocenters. The van der Waals surface area contributed by atoms with Gasteiger partial charge in [-0.1, -0.05) is 0 Å². The summed E-state index contributed by atoms with van der Waals surface area (Å²) in [5.74, 6) is 0.0953. The van der Waals surface area contributed by atoms with Gasteiger partial charge in [-0.3, -0.25) is 4.79 Å². The summed E-state index contributed by atoms with van der Waals surface area (Å²) in [6.07, 6.45) is -8.38. The second-order valence-corrected chi connectivity index (χ2v) is 8.43. The van der Waals surface area contributed by atoms with E-state index in [4.69, 9.17) is 4.74 Å². The molecule has 8 nitrogen and oxygen atoms in total. The number of carbonyl (C=O) groups excluding carboxylic acids is 1. The van der Waals surface area contributed by atoms with Crippen molar-refractivity contribution in [1.29, 1.82) is 0 Å². The van der Waals surface area contributed by atoms with E-state index in [1.165, 1.54) is 11.8 Å². The summed E-state index contributed by atoms with van der Waals surface area (Å²) in [7, 11) is 0. The summed E-state index contributed by atoms with van der Waals surface area (Å²) in [4.78, 5) is 36.8. The third kappa shape index (κ3) is 6.22. The van der Waals surface area contributed by atoms with Gasteiger partial charge < -0.3 is 19.5 Å². The first-order valence-corrected chi connectivity index (χ1v) is 10.6. The van der Waals surface area contributed by atoms with E-state index in [1.807, 2.05) is 4.98 Å². The molecule has 192 valence electrons. The Hall–Kier alpha value is -3.32. The number of hydrogen-bond acceptors (Lipinski definition) is 6. The fraction of sp³-hybridized carbons (Fsp3) is 0.524. The minimum absolute atomic E-state index is 0.0595. The number of alkyl halides is 6. The van der Waals surface area contributed by atoms with Crippen molar-refractivity contribution in [1.82, 2.24) is 19.9 Å². The molecular formula is C21H23F6N5O3. The molecule has 0 aromatic carbocycles. The van der Waals surface area contributed by atoms with Crippen molar-refractivity contribution < 1.29 is 35.9 Å². The Balaban J connectivity index is 1.62. The second-order valence-electron chi connectivity index (χ2n) is 8.43. The highest BCUT2D eigenvalue weighted by molar-refractivity contribution is 5.68. The summed E-state index contributed by atoms with van der Waals surface area (Å²) in [6.45, 7) is 5.34. The van der Waals surface area contributed by atoms with Gasteiger partial charge in [0, 0.05) is 50.2 Å². The number of ether oxygens (including phenoxy) is 1. The topological polar surface area (TPSA) is 91.4 Å². The van der Waals surface area contributed by atoms with Gasteiger partial charge >= 0.3 is 18.4 Å². The molecule has 3 atom stereocenters. The van der Waals surface area contributed by atoms with Gasteiger partial charge in [-0.2, -0.15) is 26.3 Å². The van der Waals surface area contributed by atoms with Crippen molar-refractivity contribution in [2.24, 2.45) is 0 Å². The van der Waals surface area contributed by atoms with Gasteiger partial charge in [-0.15, -0.1) is 0 Å². The minimum Gasteiger partial charge on any atom is -0.446 e. The number of rotatable bonds is 4. The molecule has 0 saturated carbocycles. The van der Waals surface area contributed by atoms with E-state index in [1.54, 1.807) is 18.7 Å². The molecule has 1 N–H and O–H groups in total. The Morgan fingerprint density at radius 3 is 2.20 bits per heavy atom. The second kappa shape index (κ2) is 9.74. The highest BCUT2D eigenvalue weighted by atomic mass is 19.4. The highest BCUT2D eigenvalue weighted by Gasteiger charge is 2.37. The summed E-state index contributed by atoms with van der Waals surface area (Å²) < 4.78 is 82.5. The van der Waals surface area contributed by atoms with Crippen LogP contribution >= 0.6 is 0 Å². The Morgan fingerprint density at radius 2 is 1.69 bits per heavy atom. The van der Waals surface area contributed by atoms with Crippen molar-refractivity contribution >= 4 is 12.0 Å². The molecule has 14 heteroatoms. The average molecular weight is 507 g/mol. The maximum absolute atomic E-state index is 12.9.